The lowest BCUT2D eigenvalue weighted by atomic mass is 10.2. The number of hydrogen-bond acceptors (Lipinski definition) is 2. The molecule has 0 aromatic heterocycles. The van der Waals surface area contributed by atoms with E-state index in [9.17, 15) is 4.79 Å². The number of carbonyl (C=O) groups is 1. The highest BCUT2D eigenvalue weighted by Gasteiger charge is 2.10. The van der Waals surface area contributed by atoms with E-state index < -0.39 is 0 Å². The molecular weight excluding hydrogens is 140 g/mol. The predicted molar refractivity (Wildman–Crippen MR) is 44.5 cm³/mol. The lowest BCUT2D eigenvalue weighted by Crippen LogP contribution is -2.27. The summed E-state index contributed by atoms with van der Waals surface area (Å²) < 4.78 is 0. The molecule has 0 spiro atoms. The smallest absolute Gasteiger partial charge is 0.249 e. The standard InChI is InChI=1S/C8H12N2O/c1-5-4-9-8(11)6(2)7(3)10-5/h4H2,1-3H3,(H,9,11). The van der Waals surface area contributed by atoms with Gasteiger partial charge in [-0.25, -0.2) is 0 Å². The Hall–Kier alpha value is -1.12. The van der Waals surface area contributed by atoms with Crippen LogP contribution in [0, 0.1) is 0 Å². The summed E-state index contributed by atoms with van der Waals surface area (Å²) in [4.78, 5) is 15.3. The Kier molecular flexibility index (Phi) is 2.08. The average molecular weight is 152 g/mol. The summed E-state index contributed by atoms with van der Waals surface area (Å²) in [6, 6.07) is 0. The van der Waals surface area contributed by atoms with Crippen LogP contribution in [0.25, 0.3) is 0 Å². The lowest BCUT2D eigenvalue weighted by Gasteiger charge is -1.98. The SMILES string of the molecule is CC1=NC(C)=C(C)C(=O)NC1. The van der Waals surface area contributed by atoms with E-state index in [1.165, 1.54) is 0 Å². The topological polar surface area (TPSA) is 41.5 Å². The van der Waals surface area contributed by atoms with Crippen LogP contribution in [-0.2, 0) is 4.79 Å². The van der Waals surface area contributed by atoms with Crippen molar-refractivity contribution in [2.45, 2.75) is 20.8 Å². The second-order valence-corrected chi connectivity index (χ2v) is 2.74. The van der Waals surface area contributed by atoms with Crippen molar-refractivity contribution >= 4 is 11.6 Å². The molecular formula is C8H12N2O. The van der Waals surface area contributed by atoms with E-state index in [4.69, 9.17) is 0 Å². The van der Waals surface area contributed by atoms with Gasteiger partial charge in [0.05, 0.1) is 6.54 Å². The Morgan fingerprint density at radius 2 is 2.00 bits per heavy atom. The number of allylic oxidation sites excluding steroid dienone is 1. The summed E-state index contributed by atoms with van der Waals surface area (Å²) in [5, 5.41) is 2.75. The number of rotatable bonds is 0. The van der Waals surface area contributed by atoms with Crippen LogP contribution >= 0.6 is 0 Å². The van der Waals surface area contributed by atoms with Gasteiger partial charge in [0.1, 0.15) is 0 Å². The number of hydrogen-bond donors (Lipinski definition) is 1. The lowest BCUT2D eigenvalue weighted by molar-refractivity contribution is -0.117. The van der Waals surface area contributed by atoms with Crippen LogP contribution in [-0.4, -0.2) is 18.2 Å². The first-order valence-electron chi connectivity index (χ1n) is 3.61. The Labute approximate surface area is 66.2 Å². The minimum absolute atomic E-state index is 0.0110. The third-order valence-electron chi connectivity index (χ3n) is 1.75. The Morgan fingerprint density at radius 3 is 2.64 bits per heavy atom. The van der Waals surface area contributed by atoms with E-state index >= 15 is 0 Å². The molecule has 0 fully saturated rings. The van der Waals surface area contributed by atoms with Crippen molar-refractivity contribution in [2.75, 3.05) is 6.54 Å². The van der Waals surface area contributed by atoms with Gasteiger partial charge in [0.25, 0.3) is 0 Å². The maximum Gasteiger partial charge on any atom is 0.249 e. The maximum atomic E-state index is 11.1. The Morgan fingerprint density at radius 1 is 1.36 bits per heavy atom. The third kappa shape index (κ3) is 1.67. The highest BCUT2D eigenvalue weighted by atomic mass is 16.1. The normalized spacial score (nSPS) is 19.2. The molecule has 0 radical (unpaired) electrons. The third-order valence-corrected chi connectivity index (χ3v) is 1.75. The molecule has 0 atom stereocenters. The maximum absolute atomic E-state index is 11.1. The molecule has 0 bridgehead atoms. The summed E-state index contributed by atoms with van der Waals surface area (Å²) in [7, 11) is 0. The number of carbonyl (C=O) groups excluding carboxylic acids is 1. The van der Waals surface area contributed by atoms with Gasteiger partial charge in [-0.15, -0.1) is 0 Å². The molecule has 0 aromatic rings. The molecule has 0 aromatic carbocycles. The number of nitrogens with zero attached hydrogens (tertiary/aromatic N) is 1. The molecule has 0 saturated carbocycles. The molecule has 3 nitrogen and oxygen atoms in total. The molecule has 60 valence electrons. The predicted octanol–water partition coefficient (Wildman–Crippen LogP) is 0.871. The van der Waals surface area contributed by atoms with Crippen molar-refractivity contribution < 1.29 is 4.79 Å². The molecule has 0 aliphatic carbocycles. The zero-order valence-electron chi connectivity index (χ0n) is 7.06. The fourth-order valence-corrected chi connectivity index (χ4v) is 0.915. The number of nitrogens with one attached hydrogen (secondary N) is 1. The summed E-state index contributed by atoms with van der Waals surface area (Å²) in [6.45, 7) is 6.10. The van der Waals surface area contributed by atoms with Crippen LogP contribution in [0.5, 0.6) is 0 Å². The van der Waals surface area contributed by atoms with E-state index in [0.29, 0.717) is 12.1 Å². The van der Waals surface area contributed by atoms with E-state index in [0.717, 1.165) is 11.4 Å². The first-order chi connectivity index (χ1) is 5.11. The van der Waals surface area contributed by atoms with Crippen LogP contribution in [0.15, 0.2) is 16.3 Å². The molecule has 0 unspecified atom stereocenters. The van der Waals surface area contributed by atoms with Gasteiger partial charge >= 0.3 is 0 Å². The van der Waals surface area contributed by atoms with Gasteiger partial charge < -0.3 is 5.32 Å². The molecule has 1 aliphatic heterocycles. The molecule has 1 rings (SSSR count). The average Bonchev–Trinajstić information content (AvgIpc) is 2.05. The summed E-state index contributed by atoms with van der Waals surface area (Å²) in [6.07, 6.45) is 0. The van der Waals surface area contributed by atoms with Gasteiger partial charge in [-0.1, -0.05) is 0 Å². The van der Waals surface area contributed by atoms with Crippen LogP contribution in [0.1, 0.15) is 20.8 Å². The summed E-state index contributed by atoms with van der Waals surface area (Å²) in [5.41, 5.74) is 2.48. The van der Waals surface area contributed by atoms with Crippen molar-refractivity contribution in [1.29, 1.82) is 0 Å². The minimum Gasteiger partial charge on any atom is -0.347 e. The van der Waals surface area contributed by atoms with E-state index in [2.05, 4.69) is 10.3 Å². The fraction of sp³-hybridized carbons (Fsp3) is 0.500. The second-order valence-electron chi connectivity index (χ2n) is 2.74. The largest absolute Gasteiger partial charge is 0.347 e. The van der Waals surface area contributed by atoms with Crippen molar-refractivity contribution in [2.24, 2.45) is 4.99 Å². The number of aliphatic imine (C=N–C) groups is 1. The van der Waals surface area contributed by atoms with Gasteiger partial charge in [-0.2, -0.15) is 0 Å². The molecule has 1 amide bonds. The first kappa shape index (κ1) is 7.98. The molecule has 11 heavy (non-hydrogen) atoms. The fourth-order valence-electron chi connectivity index (χ4n) is 0.915. The van der Waals surface area contributed by atoms with Crippen molar-refractivity contribution in [3.63, 3.8) is 0 Å². The summed E-state index contributed by atoms with van der Waals surface area (Å²) in [5.74, 6) is -0.0110. The Balaban J connectivity index is 3.00. The zero-order chi connectivity index (χ0) is 8.43. The minimum atomic E-state index is -0.0110. The quantitative estimate of drug-likeness (QED) is 0.549. The molecule has 0 saturated heterocycles. The zero-order valence-corrected chi connectivity index (χ0v) is 7.06. The van der Waals surface area contributed by atoms with Gasteiger partial charge in [0.15, 0.2) is 0 Å². The number of amides is 1. The van der Waals surface area contributed by atoms with E-state index in [1.807, 2.05) is 13.8 Å². The Bertz CT molecular complexity index is 251. The van der Waals surface area contributed by atoms with Crippen LogP contribution in [0.4, 0.5) is 0 Å². The van der Waals surface area contributed by atoms with E-state index in [1.54, 1.807) is 6.92 Å². The van der Waals surface area contributed by atoms with Crippen molar-refractivity contribution in [3.05, 3.63) is 11.3 Å². The van der Waals surface area contributed by atoms with Crippen molar-refractivity contribution in [1.82, 2.24) is 5.32 Å². The van der Waals surface area contributed by atoms with Gasteiger partial charge in [0, 0.05) is 17.0 Å². The van der Waals surface area contributed by atoms with Crippen LogP contribution < -0.4 is 5.32 Å². The van der Waals surface area contributed by atoms with E-state index in [-0.39, 0.29) is 5.91 Å². The second kappa shape index (κ2) is 2.86. The molecule has 1 heterocycles. The van der Waals surface area contributed by atoms with Crippen LogP contribution in [0.3, 0.4) is 0 Å². The van der Waals surface area contributed by atoms with Gasteiger partial charge in [0.2, 0.25) is 5.91 Å². The van der Waals surface area contributed by atoms with Gasteiger partial charge in [-0.3, -0.25) is 9.79 Å². The summed E-state index contributed by atoms with van der Waals surface area (Å²) >= 11 is 0. The molecule has 1 aliphatic rings. The highest BCUT2D eigenvalue weighted by Crippen LogP contribution is 2.07. The van der Waals surface area contributed by atoms with Gasteiger partial charge in [-0.05, 0) is 20.8 Å². The van der Waals surface area contributed by atoms with Crippen LogP contribution in [0.2, 0.25) is 0 Å². The first-order valence-corrected chi connectivity index (χ1v) is 3.61. The molecule has 3 heteroatoms. The highest BCUT2D eigenvalue weighted by molar-refractivity contribution is 5.99. The van der Waals surface area contributed by atoms with Crippen molar-refractivity contribution in [3.8, 4) is 0 Å². The molecule has 1 N–H and O–H groups in total. The monoisotopic (exact) mass is 152 g/mol.